The summed E-state index contributed by atoms with van der Waals surface area (Å²) in [5.41, 5.74) is 5.30. The Morgan fingerprint density at radius 3 is 2.71 bits per heavy atom. The van der Waals surface area contributed by atoms with E-state index in [9.17, 15) is 23.5 Å². The molecular weight excluding hydrogens is 370 g/mol. The van der Waals surface area contributed by atoms with Crippen LogP contribution in [-0.4, -0.2) is 46.4 Å². The van der Waals surface area contributed by atoms with Gasteiger partial charge in [-0.3, -0.25) is 9.18 Å². The van der Waals surface area contributed by atoms with E-state index in [2.05, 4.69) is 4.98 Å². The highest BCUT2D eigenvalue weighted by Crippen LogP contribution is 2.37. The lowest BCUT2D eigenvalue weighted by Gasteiger charge is -2.37. The molecule has 2 fully saturated rings. The lowest BCUT2D eigenvalue weighted by Crippen LogP contribution is -2.49. The molecular formula is C19H22F2N4O3. The Balaban J connectivity index is 1.78. The van der Waals surface area contributed by atoms with Gasteiger partial charge in [0.05, 0.1) is 12.1 Å². The van der Waals surface area contributed by atoms with Gasteiger partial charge in [-0.2, -0.15) is 0 Å². The second-order valence-corrected chi connectivity index (χ2v) is 7.62. The Morgan fingerprint density at radius 2 is 2.11 bits per heavy atom. The number of nitrogens with zero attached hydrogens (tertiary/aromatic N) is 3. The van der Waals surface area contributed by atoms with Crippen LogP contribution in [0, 0.1) is 11.7 Å². The van der Waals surface area contributed by atoms with Gasteiger partial charge in [-0.15, -0.1) is 0 Å². The van der Waals surface area contributed by atoms with Crippen LogP contribution in [0.3, 0.4) is 0 Å². The third-order valence-corrected chi connectivity index (χ3v) is 5.70. The Labute approximate surface area is 159 Å². The summed E-state index contributed by atoms with van der Waals surface area (Å²) < 4.78 is 29.1. The Hall–Kier alpha value is -2.55. The van der Waals surface area contributed by atoms with Crippen molar-refractivity contribution in [1.29, 1.82) is 0 Å². The molecule has 9 heteroatoms. The highest BCUT2D eigenvalue weighted by molar-refractivity contribution is 5.92. The normalized spacial score (nSPS) is 22.6. The van der Waals surface area contributed by atoms with Gasteiger partial charge in [0.2, 0.25) is 5.43 Å². The second-order valence-electron chi connectivity index (χ2n) is 7.62. The molecule has 4 rings (SSSR count). The van der Waals surface area contributed by atoms with E-state index in [1.165, 1.54) is 6.20 Å². The molecule has 0 radical (unpaired) electrons. The number of anilines is 1. The van der Waals surface area contributed by atoms with Gasteiger partial charge >= 0.3 is 5.97 Å². The van der Waals surface area contributed by atoms with Crippen molar-refractivity contribution in [3.05, 3.63) is 33.9 Å². The number of hydrogen-bond donors (Lipinski definition) is 2. The van der Waals surface area contributed by atoms with Gasteiger partial charge in [0.1, 0.15) is 11.2 Å². The minimum absolute atomic E-state index is 0.0373. The first-order chi connectivity index (χ1) is 13.4. The van der Waals surface area contributed by atoms with E-state index in [0.717, 1.165) is 18.9 Å². The number of nitrogens with two attached hydrogens (primary N) is 1. The largest absolute Gasteiger partial charge is 0.477 e. The van der Waals surface area contributed by atoms with Crippen LogP contribution in [0.2, 0.25) is 0 Å². The number of hydrogen-bond acceptors (Lipinski definition) is 5. The van der Waals surface area contributed by atoms with E-state index in [1.807, 2.05) is 0 Å². The highest BCUT2D eigenvalue weighted by Gasteiger charge is 2.31. The molecule has 0 spiro atoms. The van der Waals surface area contributed by atoms with Crippen molar-refractivity contribution in [2.75, 3.05) is 24.7 Å². The number of aromatic carboxylic acids is 1. The number of halogens is 2. The lowest BCUT2D eigenvalue weighted by molar-refractivity contribution is 0.0695. The van der Waals surface area contributed by atoms with Crippen molar-refractivity contribution in [3.8, 4) is 0 Å². The summed E-state index contributed by atoms with van der Waals surface area (Å²) in [5.74, 6) is -1.89. The molecule has 3 heterocycles. The molecule has 1 aliphatic heterocycles. The third-order valence-electron chi connectivity index (χ3n) is 5.70. The van der Waals surface area contributed by atoms with Crippen LogP contribution in [0.25, 0.3) is 11.0 Å². The molecule has 0 amide bonds. The molecule has 0 aromatic carbocycles. The molecule has 2 aromatic rings. The quantitative estimate of drug-likeness (QED) is 0.808. The van der Waals surface area contributed by atoms with Gasteiger partial charge in [0.25, 0.3) is 0 Å². The maximum atomic E-state index is 14.8. The van der Waals surface area contributed by atoms with E-state index in [-0.39, 0.29) is 40.4 Å². The van der Waals surface area contributed by atoms with Gasteiger partial charge in [0.15, 0.2) is 11.6 Å². The molecule has 1 aliphatic carbocycles. The van der Waals surface area contributed by atoms with Gasteiger partial charge in [-0.25, -0.2) is 14.2 Å². The number of carboxylic acids is 1. The summed E-state index contributed by atoms with van der Waals surface area (Å²) in [6.07, 6.45) is 4.04. The van der Waals surface area contributed by atoms with Crippen LogP contribution in [0.5, 0.6) is 0 Å². The predicted octanol–water partition coefficient (Wildman–Crippen LogP) is 2.08. The highest BCUT2D eigenvalue weighted by atomic mass is 19.1. The van der Waals surface area contributed by atoms with Crippen molar-refractivity contribution in [1.82, 2.24) is 9.55 Å². The van der Waals surface area contributed by atoms with Crippen LogP contribution in [0.1, 0.15) is 42.1 Å². The van der Waals surface area contributed by atoms with E-state index in [4.69, 9.17) is 5.73 Å². The number of pyridine rings is 2. The first-order valence-corrected chi connectivity index (χ1v) is 9.46. The molecule has 1 saturated heterocycles. The monoisotopic (exact) mass is 392 g/mol. The van der Waals surface area contributed by atoms with Gasteiger partial charge in [-0.1, -0.05) is 0 Å². The Bertz CT molecular complexity index is 989. The zero-order chi connectivity index (χ0) is 20.0. The average Bonchev–Trinajstić information content (AvgIpc) is 3.49. The van der Waals surface area contributed by atoms with E-state index < -0.39 is 23.9 Å². The fraction of sp³-hybridized carbons (Fsp3) is 0.526. The van der Waals surface area contributed by atoms with Crippen LogP contribution in [0.15, 0.2) is 17.1 Å². The third kappa shape index (κ3) is 3.23. The Kier molecular flexibility index (Phi) is 4.78. The number of carboxylic acid groups (broad SMARTS) is 1. The zero-order valence-corrected chi connectivity index (χ0v) is 15.3. The Morgan fingerprint density at radius 1 is 1.36 bits per heavy atom. The first kappa shape index (κ1) is 18.8. The zero-order valence-electron chi connectivity index (χ0n) is 15.3. The van der Waals surface area contributed by atoms with Crippen LogP contribution in [0.4, 0.5) is 14.6 Å². The topological polar surface area (TPSA) is 101 Å². The van der Waals surface area contributed by atoms with E-state index >= 15 is 0 Å². The summed E-state index contributed by atoms with van der Waals surface area (Å²) >= 11 is 0. The molecule has 3 N–H and O–H groups in total. The fourth-order valence-electron chi connectivity index (χ4n) is 3.96. The van der Waals surface area contributed by atoms with Crippen molar-refractivity contribution in [2.45, 2.75) is 37.8 Å². The minimum Gasteiger partial charge on any atom is -0.477 e. The van der Waals surface area contributed by atoms with E-state index in [0.29, 0.717) is 25.9 Å². The number of fused-ring (bicyclic) bond motifs is 1. The first-order valence-electron chi connectivity index (χ1n) is 9.46. The predicted molar refractivity (Wildman–Crippen MR) is 100 cm³/mol. The molecule has 1 saturated carbocycles. The minimum atomic E-state index is -1.34. The van der Waals surface area contributed by atoms with Crippen molar-refractivity contribution < 1.29 is 18.7 Å². The molecule has 0 bridgehead atoms. The molecule has 1 unspecified atom stereocenters. The maximum Gasteiger partial charge on any atom is 0.341 e. The van der Waals surface area contributed by atoms with Gasteiger partial charge in [0, 0.05) is 31.4 Å². The summed E-state index contributed by atoms with van der Waals surface area (Å²) in [6.45, 7) is 0.413. The van der Waals surface area contributed by atoms with Crippen LogP contribution >= 0.6 is 0 Å². The standard InChI is InChI=1S/C19H22F2N4O3/c20-5-3-10-4-6-24(9-15(10)22)18-14(21)7-12-16(26)13(19(27)28)8-25(11-1-2-11)17(12)23-18/h7-8,10-11,15H,1-6,9,22H2,(H,27,28)/t10-,15?/m1/s1. The number of carbonyl (C=O) groups is 1. The van der Waals surface area contributed by atoms with Gasteiger partial charge in [-0.05, 0) is 37.7 Å². The smallest absolute Gasteiger partial charge is 0.341 e. The number of aromatic nitrogens is 2. The second kappa shape index (κ2) is 7.12. The molecule has 2 aliphatic rings. The molecule has 2 aromatic heterocycles. The number of alkyl halides is 1. The summed E-state index contributed by atoms with van der Waals surface area (Å²) in [5, 5.41) is 9.26. The van der Waals surface area contributed by atoms with Crippen molar-refractivity contribution in [3.63, 3.8) is 0 Å². The summed E-state index contributed by atoms with van der Waals surface area (Å²) in [7, 11) is 0. The van der Waals surface area contributed by atoms with Crippen LogP contribution in [-0.2, 0) is 0 Å². The number of rotatable bonds is 5. The molecule has 150 valence electrons. The van der Waals surface area contributed by atoms with Crippen molar-refractivity contribution >= 4 is 22.8 Å². The lowest BCUT2D eigenvalue weighted by atomic mass is 9.90. The maximum absolute atomic E-state index is 14.8. The fourth-order valence-corrected chi connectivity index (χ4v) is 3.96. The van der Waals surface area contributed by atoms with Crippen LogP contribution < -0.4 is 16.1 Å². The summed E-state index contributed by atoms with van der Waals surface area (Å²) in [6, 6.07) is 0.843. The average molecular weight is 392 g/mol. The van der Waals surface area contributed by atoms with Crippen molar-refractivity contribution in [2.24, 2.45) is 11.7 Å². The van der Waals surface area contributed by atoms with E-state index in [1.54, 1.807) is 9.47 Å². The van der Waals surface area contributed by atoms with Gasteiger partial charge < -0.3 is 20.3 Å². The number of piperidine rings is 1. The molecule has 28 heavy (non-hydrogen) atoms. The molecule has 7 nitrogen and oxygen atoms in total. The SMILES string of the molecule is NC1CN(c2nc3c(cc2F)c(=O)c(C(=O)O)cn3C2CC2)CC[C@H]1CCF. The molecule has 2 atom stereocenters. The summed E-state index contributed by atoms with van der Waals surface area (Å²) in [4.78, 5) is 30.0.